The highest BCUT2D eigenvalue weighted by Crippen LogP contribution is 2.19. The molecule has 0 spiro atoms. The summed E-state index contributed by atoms with van der Waals surface area (Å²) in [6.45, 7) is 1.82. The fourth-order valence-corrected chi connectivity index (χ4v) is 2.32. The molecule has 0 aliphatic heterocycles. The van der Waals surface area contributed by atoms with E-state index in [9.17, 15) is 4.79 Å². The summed E-state index contributed by atoms with van der Waals surface area (Å²) in [5.41, 5.74) is 2.61. The number of anilines is 1. The van der Waals surface area contributed by atoms with Gasteiger partial charge in [0.05, 0.1) is 28.0 Å². The smallest absolute Gasteiger partial charge is 0.258 e. The predicted octanol–water partition coefficient (Wildman–Crippen LogP) is 3.84. The molecule has 2 aromatic heterocycles. The zero-order chi connectivity index (χ0) is 14.8. The van der Waals surface area contributed by atoms with Crippen molar-refractivity contribution in [2.24, 2.45) is 0 Å². The highest BCUT2D eigenvalue weighted by molar-refractivity contribution is 6.34. The van der Waals surface area contributed by atoms with Crippen LogP contribution < -0.4 is 5.32 Å². The average molecular weight is 298 g/mol. The highest BCUT2D eigenvalue weighted by atomic mass is 35.5. The minimum atomic E-state index is -0.301. The molecule has 2 heterocycles. The first-order valence-electron chi connectivity index (χ1n) is 6.42. The van der Waals surface area contributed by atoms with Gasteiger partial charge in [-0.3, -0.25) is 14.8 Å². The maximum absolute atomic E-state index is 12.2. The van der Waals surface area contributed by atoms with Gasteiger partial charge in [0.1, 0.15) is 0 Å². The van der Waals surface area contributed by atoms with Crippen LogP contribution in [0.2, 0.25) is 5.02 Å². The minimum absolute atomic E-state index is 0.301. The molecule has 0 saturated heterocycles. The van der Waals surface area contributed by atoms with Gasteiger partial charge in [0.2, 0.25) is 0 Å². The lowest BCUT2D eigenvalue weighted by Crippen LogP contribution is -2.13. The summed E-state index contributed by atoms with van der Waals surface area (Å²) in [6, 6.07) is 11.2. The molecular formula is C16H12ClN3O. The highest BCUT2D eigenvalue weighted by Gasteiger charge is 2.11. The van der Waals surface area contributed by atoms with Gasteiger partial charge in [0, 0.05) is 17.3 Å². The van der Waals surface area contributed by atoms with E-state index in [4.69, 9.17) is 11.6 Å². The molecule has 0 bridgehead atoms. The number of carbonyl (C=O) groups excluding carboxylic acids is 1. The van der Waals surface area contributed by atoms with Crippen LogP contribution in [-0.4, -0.2) is 15.9 Å². The molecule has 0 radical (unpaired) electrons. The molecule has 1 N–H and O–H groups in total. The van der Waals surface area contributed by atoms with Crippen LogP contribution in [0.4, 0.5) is 5.69 Å². The number of hydrogen-bond donors (Lipinski definition) is 1. The van der Waals surface area contributed by atoms with E-state index in [2.05, 4.69) is 15.3 Å². The van der Waals surface area contributed by atoms with Crippen molar-refractivity contribution in [3.63, 3.8) is 0 Å². The van der Waals surface area contributed by atoms with Crippen molar-refractivity contribution >= 4 is 34.1 Å². The maximum Gasteiger partial charge on any atom is 0.258 e. The van der Waals surface area contributed by atoms with Gasteiger partial charge in [0.15, 0.2) is 0 Å². The fourth-order valence-electron chi connectivity index (χ4n) is 2.03. The number of amides is 1. The van der Waals surface area contributed by atoms with Gasteiger partial charge in [0.25, 0.3) is 5.91 Å². The third kappa shape index (κ3) is 2.85. The first-order valence-corrected chi connectivity index (χ1v) is 6.79. The number of rotatable bonds is 2. The summed E-state index contributed by atoms with van der Waals surface area (Å²) in [5.74, 6) is -0.301. The molecule has 0 fully saturated rings. The van der Waals surface area contributed by atoms with Gasteiger partial charge >= 0.3 is 0 Å². The van der Waals surface area contributed by atoms with Crippen molar-refractivity contribution in [1.29, 1.82) is 0 Å². The first-order chi connectivity index (χ1) is 10.1. The Hall–Kier alpha value is -2.46. The van der Waals surface area contributed by atoms with Crippen molar-refractivity contribution in [2.75, 3.05) is 5.32 Å². The Balaban J connectivity index is 1.89. The van der Waals surface area contributed by atoms with Gasteiger partial charge in [-0.25, -0.2) is 0 Å². The van der Waals surface area contributed by atoms with Crippen molar-refractivity contribution in [1.82, 2.24) is 9.97 Å². The van der Waals surface area contributed by atoms with E-state index in [1.54, 1.807) is 12.3 Å². The lowest BCUT2D eigenvalue weighted by molar-refractivity contribution is 0.102. The number of pyridine rings is 2. The number of halogens is 1. The molecule has 1 aromatic carbocycles. The molecule has 0 aliphatic rings. The molecule has 0 saturated carbocycles. The van der Waals surface area contributed by atoms with E-state index in [1.807, 2.05) is 37.3 Å². The van der Waals surface area contributed by atoms with Crippen molar-refractivity contribution in [2.45, 2.75) is 6.92 Å². The minimum Gasteiger partial charge on any atom is -0.320 e. The molecule has 21 heavy (non-hydrogen) atoms. The summed E-state index contributed by atoms with van der Waals surface area (Å²) >= 11 is 6.07. The van der Waals surface area contributed by atoms with Gasteiger partial charge in [-0.1, -0.05) is 29.8 Å². The maximum atomic E-state index is 12.2. The van der Waals surface area contributed by atoms with Crippen molar-refractivity contribution < 1.29 is 4.79 Å². The second kappa shape index (κ2) is 5.50. The average Bonchev–Trinajstić information content (AvgIpc) is 2.47. The number of para-hydroxylation sites is 1. The molecule has 104 valence electrons. The summed E-state index contributed by atoms with van der Waals surface area (Å²) < 4.78 is 0. The largest absolute Gasteiger partial charge is 0.320 e. The molecule has 0 aliphatic carbocycles. The number of nitrogens with one attached hydrogen (secondary N) is 1. The fraction of sp³-hybridized carbons (Fsp3) is 0.0625. The Bertz CT molecular complexity index is 833. The van der Waals surface area contributed by atoms with E-state index < -0.39 is 0 Å². The van der Waals surface area contributed by atoms with Crippen LogP contribution in [0.1, 0.15) is 16.1 Å². The Morgan fingerprint density at radius 2 is 1.95 bits per heavy atom. The molecule has 3 aromatic rings. The quantitative estimate of drug-likeness (QED) is 0.782. The van der Waals surface area contributed by atoms with E-state index in [-0.39, 0.29) is 5.91 Å². The summed E-state index contributed by atoms with van der Waals surface area (Å²) in [7, 11) is 0. The Morgan fingerprint density at radius 3 is 2.76 bits per heavy atom. The van der Waals surface area contributed by atoms with Crippen molar-refractivity contribution in [3.05, 3.63) is 65.1 Å². The van der Waals surface area contributed by atoms with E-state index in [0.29, 0.717) is 16.3 Å². The van der Waals surface area contributed by atoms with Crippen LogP contribution in [0.5, 0.6) is 0 Å². The Morgan fingerprint density at radius 1 is 1.14 bits per heavy atom. The van der Waals surface area contributed by atoms with Gasteiger partial charge in [-0.2, -0.15) is 0 Å². The number of aryl methyl sites for hydroxylation is 1. The molecule has 0 unspecified atom stereocenters. The SMILES string of the molecule is Cc1cc(Cl)c(C(=O)Nc2cnc3ccccc3c2)cn1. The third-order valence-corrected chi connectivity index (χ3v) is 3.40. The number of fused-ring (bicyclic) bond motifs is 1. The second-order valence-electron chi connectivity index (χ2n) is 4.68. The van der Waals surface area contributed by atoms with Crippen LogP contribution in [0.3, 0.4) is 0 Å². The number of aromatic nitrogens is 2. The molecule has 0 atom stereocenters. The van der Waals surface area contributed by atoms with Crippen LogP contribution in [0.25, 0.3) is 10.9 Å². The van der Waals surface area contributed by atoms with Crippen LogP contribution in [0, 0.1) is 6.92 Å². The monoisotopic (exact) mass is 297 g/mol. The standard InChI is InChI=1S/C16H12ClN3O/c1-10-6-14(17)13(9-18-10)16(21)20-12-7-11-4-2-3-5-15(11)19-8-12/h2-9H,1H3,(H,20,21). The van der Waals surface area contributed by atoms with E-state index in [0.717, 1.165) is 16.6 Å². The summed E-state index contributed by atoms with van der Waals surface area (Å²) in [5, 5.41) is 4.13. The molecular weight excluding hydrogens is 286 g/mol. The van der Waals surface area contributed by atoms with Gasteiger partial charge in [-0.05, 0) is 25.1 Å². The first kappa shape index (κ1) is 13.5. The number of hydrogen-bond acceptors (Lipinski definition) is 3. The predicted molar refractivity (Wildman–Crippen MR) is 83.7 cm³/mol. The lowest BCUT2D eigenvalue weighted by atomic mass is 10.2. The summed E-state index contributed by atoms with van der Waals surface area (Å²) in [6.07, 6.45) is 3.09. The zero-order valence-electron chi connectivity index (χ0n) is 11.3. The molecule has 3 rings (SSSR count). The van der Waals surface area contributed by atoms with Crippen LogP contribution in [-0.2, 0) is 0 Å². The van der Waals surface area contributed by atoms with Crippen LogP contribution >= 0.6 is 11.6 Å². The Kier molecular flexibility index (Phi) is 3.54. The van der Waals surface area contributed by atoms with Gasteiger partial charge in [-0.15, -0.1) is 0 Å². The van der Waals surface area contributed by atoms with E-state index in [1.165, 1.54) is 6.20 Å². The lowest BCUT2D eigenvalue weighted by Gasteiger charge is -2.07. The van der Waals surface area contributed by atoms with Crippen LogP contribution in [0.15, 0.2) is 48.8 Å². The number of nitrogens with zero attached hydrogens (tertiary/aromatic N) is 2. The van der Waals surface area contributed by atoms with E-state index >= 15 is 0 Å². The molecule has 4 nitrogen and oxygen atoms in total. The Labute approximate surface area is 126 Å². The second-order valence-corrected chi connectivity index (χ2v) is 5.08. The third-order valence-electron chi connectivity index (χ3n) is 3.08. The molecule has 1 amide bonds. The normalized spacial score (nSPS) is 10.6. The zero-order valence-corrected chi connectivity index (χ0v) is 12.1. The number of benzene rings is 1. The van der Waals surface area contributed by atoms with Crippen molar-refractivity contribution in [3.8, 4) is 0 Å². The number of carbonyl (C=O) groups is 1. The topological polar surface area (TPSA) is 54.9 Å². The van der Waals surface area contributed by atoms with Gasteiger partial charge < -0.3 is 5.32 Å². The molecule has 5 heteroatoms. The summed E-state index contributed by atoms with van der Waals surface area (Å²) in [4.78, 5) is 20.6.